The molecule has 2 N–H and O–H groups in total. The summed E-state index contributed by atoms with van der Waals surface area (Å²) in [5.74, 6) is -1.57. The highest BCUT2D eigenvalue weighted by atomic mass is 19.1. The molecule has 0 bridgehead atoms. The number of aromatic nitrogens is 1. The molecule has 0 saturated heterocycles. The zero-order chi connectivity index (χ0) is 11.7. The van der Waals surface area contributed by atoms with Crippen molar-refractivity contribution in [1.29, 1.82) is 0 Å². The molecular weight excluding hydrogens is 215 g/mol. The fraction of sp³-hybridized carbons (Fsp3) is 0.200. The van der Waals surface area contributed by atoms with Crippen LogP contribution in [0.2, 0.25) is 0 Å². The number of fused-ring (bicyclic) bond motifs is 1. The number of carboxylic acids is 1. The molecule has 1 aromatic heterocycles. The third-order valence-corrected chi connectivity index (χ3v) is 2.08. The Labute approximate surface area is 89.9 Å². The number of aliphatic carboxylic acids is 1. The highest BCUT2D eigenvalue weighted by Gasteiger charge is 2.15. The van der Waals surface area contributed by atoms with E-state index in [1.807, 2.05) is 0 Å². The smallest absolute Gasteiger partial charge is 0.325 e. The van der Waals surface area contributed by atoms with Gasteiger partial charge in [0.05, 0.1) is 0 Å². The SMILES string of the molecule is CC(Nc1nc2cccc(F)c2o1)C(=O)O. The Hall–Kier alpha value is -2.11. The zero-order valence-electron chi connectivity index (χ0n) is 8.40. The van der Waals surface area contributed by atoms with E-state index in [-0.39, 0.29) is 11.6 Å². The van der Waals surface area contributed by atoms with Crippen LogP contribution in [0.3, 0.4) is 0 Å². The van der Waals surface area contributed by atoms with Crippen LogP contribution in [-0.4, -0.2) is 22.1 Å². The number of oxazole rings is 1. The maximum Gasteiger partial charge on any atom is 0.325 e. The standard InChI is InChI=1S/C10H9FN2O3/c1-5(9(14)15)12-10-13-7-4-2-3-6(11)8(7)16-10/h2-5H,1H3,(H,12,13)(H,14,15). The number of nitrogens with one attached hydrogen (secondary N) is 1. The number of rotatable bonds is 3. The number of anilines is 1. The normalized spacial score (nSPS) is 12.6. The van der Waals surface area contributed by atoms with Crippen molar-refractivity contribution in [2.45, 2.75) is 13.0 Å². The molecule has 0 aliphatic rings. The van der Waals surface area contributed by atoms with Gasteiger partial charge in [0.1, 0.15) is 11.6 Å². The summed E-state index contributed by atoms with van der Waals surface area (Å²) in [7, 11) is 0. The van der Waals surface area contributed by atoms with Crippen molar-refractivity contribution in [3.8, 4) is 0 Å². The van der Waals surface area contributed by atoms with Gasteiger partial charge in [-0.3, -0.25) is 4.79 Å². The van der Waals surface area contributed by atoms with E-state index in [0.29, 0.717) is 5.52 Å². The lowest BCUT2D eigenvalue weighted by molar-refractivity contribution is -0.137. The minimum Gasteiger partial charge on any atom is -0.480 e. The maximum atomic E-state index is 13.2. The zero-order valence-corrected chi connectivity index (χ0v) is 8.40. The van der Waals surface area contributed by atoms with E-state index in [1.165, 1.54) is 19.1 Å². The van der Waals surface area contributed by atoms with Crippen LogP contribution < -0.4 is 5.32 Å². The molecule has 1 unspecified atom stereocenters. The molecule has 2 aromatic rings. The number of halogens is 1. The first-order valence-corrected chi connectivity index (χ1v) is 4.62. The highest BCUT2D eigenvalue weighted by molar-refractivity contribution is 5.78. The molecule has 0 spiro atoms. The average molecular weight is 224 g/mol. The molecule has 0 aliphatic carbocycles. The molecule has 6 heteroatoms. The molecule has 1 atom stereocenters. The van der Waals surface area contributed by atoms with E-state index >= 15 is 0 Å². The minimum atomic E-state index is -1.04. The predicted octanol–water partition coefficient (Wildman–Crippen LogP) is 1.85. The molecule has 0 radical (unpaired) electrons. The van der Waals surface area contributed by atoms with Crippen molar-refractivity contribution in [1.82, 2.24) is 4.98 Å². The largest absolute Gasteiger partial charge is 0.480 e. The summed E-state index contributed by atoms with van der Waals surface area (Å²) in [5, 5.41) is 11.2. The summed E-state index contributed by atoms with van der Waals surface area (Å²) in [4.78, 5) is 14.5. The summed E-state index contributed by atoms with van der Waals surface area (Å²) in [6.07, 6.45) is 0. The Morgan fingerprint density at radius 3 is 3.00 bits per heavy atom. The van der Waals surface area contributed by atoms with Crippen molar-refractivity contribution in [3.05, 3.63) is 24.0 Å². The topological polar surface area (TPSA) is 75.4 Å². The Bertz CT molecular complexity index is 538. The van der Waals surface area contributed by atoms with E-state index in [2.05, 4.69) is 10.3 Å². The fourth-order valence-corrected chi connectivity index (χ4v) is 1.22. The van der Waals surface area contributed by atoms with Crippen LogP contribution in [0.5, 0.6) is 0 Å². The number of hydrogen-bond donors (Lipinski definition) is 2. The first-order chi connectivity index (χ1) is 7.58. The summed E-state index contributed by atoms with van der Waals surface area (Å²) in [6.45, 7) is 1.44. The van der Waals surface area contributed by atoms with Crippen molar-refractivity contribution >= 4 is 23.1 Å². The molecule has 0 aliphatic heterocycles. The van der Waals surface area contributed by atoms with Gasteiger partial charge in [-0.15, -0.1) is 0 Å². The Morgan fingerprint density at radius 1 is 1.62 bits per heavy atom. The quantitative estimate of drug-likeness (QED) is 0.832. The first-order valence-electron chi connectivity index (χ1n) is 4.62. The van der Waals surface area contributed by atoms with E-state index in [1.54, 1.807) is 6.07 Å². The van der Waals surface area contributed by atoms with Gasteiger partial charge >= 0.3 is 5.97 Å². The lowest BCUT2D eigenvalue weighted by Crippen LogP contribution is -2.25. The second-order valence-electron chi connectivity index (χ2n) is 3.31. The monoisotopic (exact) mass is 224 g/mol. The highest BCUT2D eigenvalue weighted by Crippen LogP contribution is 2.21. The summed E-state index contributed by atoms with van der Waals surface area (Å²) in [6, 6.07) is 3.48. The number of para-hydroxylation sites is 1. The van der Waals surface area contributed by atoms with Crippen LogP contribution in [-0.2, 0) is 4.79 Å². The van der Waals surface area contributed by atoms with E-state index in [0.717, 1.165) is 0 Å². The van der Waals surface area contributed by atoms with Crippen molar-refractivity contribution in [3.63, 3.8) is 0 Å². The second kappa shape index (κ2) is 3.80. The molecule has 0 amide bonds. The second-order valence-corrected chi connectivity index (χ2v) is 3.31. The van der Waals surface area contributed by atoms with Crippen LogP contribution in [0.1, 0.15) is 6.92 Å². The molecule has 2 rings (SSSR count). The maximum absolute atomic E-state index is 13.2. The number of nitrogens with zero attached hydrogens (tertiary/aromatic N) is 1. The molecule has 1 heterocycles. The summed E-state index contributed by atoms with van der Waals surface area (Å²) < 4.78 is 18.3. The Balaban J connectivity index is 2.33. The van der Waals surface area contributed by atoms with Crippen LogP contribution in [0.25, 0.3) is 11.1 Å². The number of carbonyl (C=O) groups is 1. The van der Waals surface area contributed by atoms with Crippen molar-refractivity contribution < 1.29 is 18.7 Å². The third-order valence-electron chi connectivity index (χ3n) is 2.08. The third kappa shape index (κ3) is 1.81. The van der Waals surface area contributed by atoms with Crippen LogP contribution in [0.4, 0.5) is 10.4 Å². The first kappa shape index (κ1) is 10.4. The molecule has 5 nitrogen and oxygen atoms in total. The molecule has 0 saturated carbocycles. The molecule has 84 valence electrons. The number of hydrogen-bond acceptors (Lipinski definition) is 4. The average Bonchev–Trinajstić information content (AvgIpc) is 2.61. The van der Waals surface area contributed by atoms with Crippen molar-refractivity contribution in [2.24, 2.45) is 0 Å². The minimum absolute atomic E-state index is 0.00463. The van der Waals surface area contributed by atoms with Gasteiger partial charge in [-0.2, -0.15) is 4.98 Å². The Morgan fingerprint density at radius 2 is 2.38 bits per heavy atom. The molecule has 1 aromatic carbocycles. The van der Waals surface area contributed by atoms with Gasteiger partial charge in [0.15, 0.2) is 11.4 Å². The van der Waals surface area contributed by atoms with E-state index in [9.17, 15) is 9.18 Å². The van der Waals surface area contributed by atoms with Gasteiger partial charge < -0.3 is 14.8 Å². The van der Waals surface area contributed by atoms with Gasteiger partial charge in [0.25, 0.3) is 6.01 Å². The Kier molecular flexibility index (Phi) is 2.47. The summed E-state index contributed by atoms with van der Waals surface area (Å²) in [5.41, 5.74) is 0.364. The lowest BCUT2D eigenvalue weighted by atomic mass is 10.3. The molecular formula is C10H9FN2O3. The lowest BCUT2D eigenvalue weighted by Gasteiger charge is -2.04. The number of benzene rings is 1. The van der Waals surface area contributed by atoms with Gasteiger partial charge in [-0.1, -0.05) is 6.07 Å². The van der Waals surface area contributed by atoms with Crippen LogP contribution in [0, 0.1) is 5.82 Å². The van der Waals surface area contributed by atoms with Gasteiger partial charge in [-0.25, -0.2) is 4.39 Å². The van der Waals surface area contributed by atoms with Gasteiger partial charge in [-0.05, 0) is 19.1 Å². The van der Waals surface area contributed by atoms with Crippen LogP contribution in [0.15, 0.2) is 22.6 Å². The van der Waals surface area contributed by atoms with Crippen molar-refractivity contribution in [2.75, 3.05) is 5.32 Å². The van der Waals surface area contributed by atoms with Gasteiger partial charge in [0.2, 0.25) is 0 Å². The molecule has 16 heavy (non-hydrogen) atoms. The van der Waals surface area contributed by atoms with Gasteiger partial charge in [0, 0.05) is 0 Å². The molecule has 0 fully saturated rings. The van der Waals surface area contributed by atoms with E-state index < -0.39 is 17.8 Å². The summed E-state index contributed by atoms with van der Waals surface area (Å²) >= 11 is 0. The van der Waals surface area contributed by atoms with Crippen LogP contribution >= 0.6 is 0 Å². The fourth-order valence-electron chi connectivity index (χ4n) is 1.22. The number of carboxylic acid groups (broad SMARTS) is 1. The van der Waals surface area contributed by atoms with E-state index in [4.69, 9.17) is 9.52 Å². The predicted molar refractivity (Wildman–Crippen MR) is 54.7 cm³/mol.